The van der Waals surface area contributed by atoms with Crippen molar-refractivity contribution in [1.29, 1.82) is 0 Å². The summed E-state index contributed by atoms with van der Waals surface area (Å²) >= 11 is 4.90. The van der Waals surface area contributed by atoms with Crippen molar-refractivity contribution in [3.8, 4) is 11.5 Å². The third-order valence-electron chi connectivity index (χ3n) is 2.14. The van der Waals surface area contributed by atoms with Crippen LogP contribution in [0.5, 0.6) is 11.5 Å². The molecule has 4 nitrogen and oxygen atoms in total. The maximum absolute atomic E-state index is 5.54. The third kappa shape index (κ3) is 4.20. The van der Waals surface area contributed by atoms with Crippen molar-refractivity contribution in [2.24, 2.45) is 5.73 Å². The van der Waals surface area contributed by atoms with Crippen LogP contribution < -0.4 is 15.2 Å². The van der Waals surface area contributed by atoms with E-state index in [9.17, 15) is 0 Å². The Hall–Kier alpha value is -1.33. The first-order valence-corrected chi connectivity index (χ1v) is 5.78. The van der Waals surface area contributed by atoms with E-state index in [0.717, 1.165) is 5.56 Å². The Bertz CT molecular complexity index is 382. The molecule has 0 aromatic heterocycles. The zero-order chi connectivity index (χ0) is 12.7. The second-order valence-electron chi connectivity index (χ2n) is 3.28. The Morgan fingerprint density at radius 1 is 1.29 bits per heavy atom. The first-order chi connectivity index (χ1) is 8.19. The van der Waals surface area contributed by atoms with Crippen LogP contribution in [-0.2, 0) is 4.74 Å². The van der Waals surface area contributed by atoms with Gasteiger partial charge >= 0.3 is 0 Å². The molecule has 0 amide bonds. The molecule has 0 saturated heterocycles. The van der Waals surface area contributed by atoms with Gasteiger partial charge in [-0.3, -0.25) is 0 Å². The van der Waals surface area contributed by atoms with Crippen LogP contribution >= 0.6 is 12.2 Å². The Labute approximate surface area is 107 Å². The average Bonchev–Trinajstić information content (AvgIpc) is 2.34. The molecule has 1 aromatic rings. The molecular weight excluding hydrogens is 238 g/mol. The fraction of sp³-hybridized carbons (Fsp3) is 0.417. The molecule has 0 aliphatic heterocycles. The largest absolute Gasteiger partial charge is 0.493 e. The maximum Gasteiger partial charge on any atom is 0.161 e. The lowest BCUT2D eigenvalue weighted by Crippen LogP contribution is -2.10. The lowest BCUT2D eigenvalue weighted by Gasteiger charge is -2.11. The van der Waals surface area contributed by atoms with E-state index in [1.165, 1.54) is 0 Å². The number of benzene rings is 1. The average molecular weight is 255 g/mol. The van der Waals surface area contributed by atoms with Crippen molar-refractivity contribution in [3.63, 3.8) is 0 Å². The fourth-order valence-corrected chi connectivity index (χ4v) is 1.42. The van der Waals surface area contributed by atoms with Gasteiger partial charge in [0.05, 0.1) is 13.7 Å². The van der Waals surface area contributed by atoms with Gasteiger partial charge < -0.3 is 19.9 Å². The molecule has 5 heteroatoms. The van der Waals surface area contributed by atoms with E-state index in [0.29, 0.717) is 36.3 Å². The first-order valence-electron chi connectivity index (χ1n) is 5.37. The Balaban J connectivity index is 2.68. The van der Waals surface area contributed by atoms with Crippen LogP contribution in [0.25, 0.3) is 0 Å². The minimum Gasteiger partial charge on any atom is -0.493 e. The zero-order valence-corrected chi connectivity index (χ0v) is 10.9. The summed E-state index contributed by atoms with van der Waals surface area (Å²) in [6, 6.07) is 5.36. The van der Waals surface area contributed by atoms with Gasteiger partial charge in [0, 0.05) is 12.2 Å². The van der Waals surface area contributed by atoms with Gasteiger partial charge in [-0.25, -0.2) is 0 Å². The summed E-state index contributed by atoms with van der Waals surface area (Å²) in [4.78, 5) is 0.337. The highest BCUT2D eigenvalue weighted by Crippen LogP contribution is 2.27. The lowest BCUT2D eigenvalue weighted by molar-refractivity contribution is 0.109. The van der Waals surface area contributed by atoms with Crippen LogP contribution in [0.1, 0.15) is 12.5 Å². The minimum absolute atomic E-state index is 0.337. The van der Waals surface area contributed by atoms with Crippen molar-refractivity contribution in [2.45, 2.75) is 6.92 Å². The molecule has 0 radical (unpaired) electrons. The van der Waals surface area contributed by atoms with Crippen LogP contribution in [0, 0.1) is 0 Å². The van der Waals surface area contributed by atoms with Crippen LogP contribution in [0.3, 0.4) is 0 Å². The lowest BCUT2D eigenvalue weighted by atomic mass is 10.2. The standard InChI is InChI=1S/C12H17NO3S/c1-3-15-6-7-16-10-5-4-9(12(13)17)8-11(10)14-2/h4-5,8H,3,6-7H2,1-2H3,(H2,13,17). The summed E-state index contributed by atoms with van der Waals surface area (Å²) < 4.78 is 15.9. The van der Waals surface area contributed by atoms with Crippen LogP contribution in [0.15, 0.2) is 18.2 Å². The smallest absolute Gasteiger partial charge is 0.161 e. The zero-order valence-electron chi connectivity index (χ0n) is 10.1. The first kappa shape index (κ1) is 13.7. The number of methoxy groups -OCH3 is 1. The number of nitrogens with two attached hydrogens (primary N) is 1. The van der Waals surface area contributed by atoms with E-state index in [-0.39, 0.29) is 0 Å². The topological polar surface area (TPSA) is 53.7 Å². The van der Waals surface area contributed by atoms with Crippen molar-refractivity contribution in [3.05, 3.63) is 23.8 Å². The SMILES string of the molecule is CCOCCOc1ccc(C(N)=S)cc1OC. The third-order valence-corrected chi connectivity index (χ3v) is 2.37. The normalized spacial score (nSPS) is 10.0. The molecule has 17 heavy (non-hydrogen) atoms. The van der Waals surface area contributed by atoms with Crippen molar-refractivity contribution < 1.29 is 14.2 Å². The quantitative estimate of drug-likeness (QED) is 0.594. The van der Waals surface area contributed by atoms with Gasteiger partial charge in [0.2, 0.25) is 0 Å². The summed E-state index contributed by atoms with van der Waals surface area (Å²) in [6.07, 6.45) is 0. The van der Waals surface area contributed by atoms with Crippen molar-refractivity contribution in [2.75, 3.05) is 26.9 Å². The predicted molar refractivity (Wildman–Crippen MR) is 70.9 cm³/mol. The van der Waals surface area contributed by atoms with Gasteiger partial charge in [-0.1, -0.05) is 12.2 Å². The summed E-state index contributed by atoms with van der Waals surface area (Å²) in [5.41, 5.74) is 6.30. The molecular formula is C12H17NO3S. The Morgan fingerprint density at radius 3 is 2.65 bits per heavy atom. The molecule has 1 aromatic carbocycles. The molecule has 2 N–H and O–H groups in total. The number of hydrogen-bond donors (Lipinski definition) is 1. The summed E-state index contributed by atoms with van der Waals surface area (Å²) in [6.45, 7) is 3.66. The highest BCUT2D eigenvalue weighted by molar-refractivity contribution is 7.80. The predicted octanol–water partition coefficient (Wildman–Crippen LogP) is 1.74. The molecule has 0 fully saturated rings. The van der Waals surface area contributed by atoms with Crippen LogP contribution in [0.4, 0.5) is 0 Å². The second kappa shape index (κ2) is 7.09. The van der Waals surface area contributed by atoms with E-state index >= 15 is 0 Å². The molecule has 0 unspecified atom stereocenters. The molecule has 0 saturated carbocycles. The van der Waals surface area contributed by atoms with Gasteiger partial charge in [0.1, 0.15) is 11.6 Å². The molecule has 0 bridgehead atoms. The van der Waals surface area contributed by atoms with E-state index in [2.05, 4.69) is 0 Å². The van der Waals surface area contributed by atoms with E-state index < -0.39 is 0 Å². The van der Waals surface area contributed by atoms with Crippen LogP contribution in [-0.4, -0.2) is 31.9 Å². The van der Waals surface area contributed by atoms with Gasteiger partial charge in [0.15, 0.2) is 11.5 Å². The van der Waals surface area contributed by atoms with Crippen LogP contribution in [0.2, 0.25) is 0 Å². The highest BCUT2D eigenvalue weighted by atomic mass is 32.1. The van der Waals surface area contributed by atoms with E-state index in [1.807, 2.05) is 6.92 Å². The molecule has 0 spiro atoms. The van der Waals surface area contributed by atoms with E-state index in [1.54, 1.807) is 25.3 Å². The Kier molecular flexibility index (Phi) is 5.72. The number of hydrogen-bond acceptors (Lipinski definition) is 4. The highest BCUT2D eigenvalue weighted by Gasteiger charge is 2.06. The molecule has 0 aliphatic rings. The van der Waals surface area contributed by atoms with Gasteiger partial charge in [0.25, 0.3) is 0 Å². The fourth-order valence-electron chi connectivity index (χ4n) is 1.29. The molecule has 0 heterocycles. The Morgan fingerprint density at radius 2 is 2.06 bits per heavy atom. The second-order valence-corrected chi connectivity index (χ2v) is 3.72. The molecule has 1 rings (SSSR count). The molecule has 0 aliphatic carbocycles. The van der Waals surface area contributed by atoms with Crippen molar-refractivity contribution in [1.82, 2.24) is 0 Å². The van der Waals surface area contributed by atoms with Gasteiger partial charge in [-0.15, -0.1) is 0 Å². The van der Waals surface area contributed by atoms with Gasteiger partial charge in [-0.2, -0.15) is 0 Å². The minimum atomic E-state index is 0.337. The number of ether oxygens (including phenoxy) is 3. The maximum atomic E-state index is 5.54. The summed E-state index contributed by atoms with van der Waals surface area (Å²) in [7, 11) is 1.58. The monoisotopic (exact) mass is 255 g/mol. The van der Waals surface area contributed by atoms with Crippen molar-refractivity contribution >= 4 is 17.2 Å². The summed E-state index contributed by atoms with van der Waals surface area (Å²) in [5, 5.41) is 0. The summed E-state index contributed by atoms with van der Waals surface area (Å²) in [5.74, 6) is 1.28. The van der Waals surface area contributed by atoms with Gasteiger partial charge in [-0.05, 0) is 25.1 Å². The molecule has 0 atom stereocenters. The number of thiocarbonyl (C=S) groups is 1. The molecule has 94 valence electrons. The van der Waals surface area contributed by atoms with E-state index in [4.69, 9.17) is 32.2 Å². The number of rotatable bonds is 7.